The van der Waals surface area contributed by atoms with Gasteiger partial charge in [-0.1, -0.05) is 15.9 Å². The summed E-state index contributed by atoms with van der Waals surface area (Å²) >= 11 is 3.40. The Bertz CT molecular complexity index is 902. The van der Waals surface area contributed by atoms with Gasteiger partial charge in [-0.15, -0.1) is 0 Å². The lowest BCUT2D eigenvalue weighted by Crippen LogP contribution is -2.50. The number of piperazine rings is 1. The number of benzene rings is 1. The van der Waals surface area contributed by atoms with E-state index in [1.807, 2.05) is 11.0 Å². The fourth-order valence-corrected chi connectivity index (χ4v) is 3.93. The highest BCUT2D eigenvalue weighted by atomic mass is 79.9. The summed E-state index contributed by atoms with van der Waals surface area (Å²) in [6.07, 6.45) is 1.61. The van der Waals surface area contributed by atoms with Crippen LogP contribution in [0.2, 0.25) is 0 Å². The Morgan fingerprint density at radius 3 is 2.37 bits per heavy atom. The van der Waals surface area contributed by atoms with Crippen molar-refractivity contribution in [3.05, 3.63) is 34.4 Å². The van der Waals surface area contributed by atoms with Gasteiger partial charge in [-0.2, -0.15) is 0 Å². The lowest BCUT2D eigenvalue weighted by molar-refractivity contribution is -0.145. The molecule has 0 aliphatic carbocycles. The Kier molecular flexibility index (Phi) is 5.52. The Morgan fingerprint density at radius 1 is 1.15 bits per heavy atom. The second-order valence-corrected chi connectivity index (χ2v) is 7.47. The Balaban J connectivity index is 2.02. The Morgan fingerprint density at radius 2 is 1.81 bits per heavy atom. The van der Waals surface area contributed by atoms with Gasteiger partial charge in [-0.05, 0) is 18.2 Å². The second-order valence-electron chi connectivity index (χ2n) is 6.55. The molecule has 2 aromatic rings. The summed E-state index contributed by atoms with van der Waals surface area (Å²) < 4.78 is 2.34. The van der Waals surface area contributed by atoms with Crippen molar-refractivity contribution in [1.29, 1.82) is 0 Å². The van der Waals surface area contributed by atoms with Crippen LogP contribution in [0, 0.1) is 0 Å². The van der Waals surface area contributed by atoms with E-state index in [-0.39, 0.29) is 12.5 Å². The summed E-state index contributed by atoms with van der Waals surface area (Å²) in [5.74, 6) is -2.02. The molecule has 1 aliphatic heterocycles. The van der Waals surface area contributed by atoms with E-state index in [1.54, 1.807) is 27.8 Å². The average Bonchev–Trinajstić information content (AvgIpc) is 2.92. The number of carbonyl (C=O) groups excluding carboxylic acids is 1. The van der Waals surface area contributed by atoms with Crippen molar-refractivity contribution in [3.8, 4) is 0 Å². The number of fused-ring (bicyclic) bond motifs is 1. The van der Waals surface area contributed by atoms with Crippen LogP contribution in [0.25, 0.3) is 10.9 Å². The molecule has 0 bridgehead atoms. The molecule has 3 rings (SSSR count). The topological polar surface area (TPSA) is 103 Å². The molecule has 1 aromatic heterocycles. The van der Waals surface area contributed by atoms with E-state index in [2.05, 4.69) is 15.9 Å². The maximum atomic E-state index is 12.1. The fraction of sp³-hybridized carbons (Fsp3) is 0.389. The molecule has 0 spiro atoms. The molecule has 1 aromatic carbocycles. The zero-order valence-corrected chi connectivity index (χ0v) is 16.3. The van der Waals surface area contributed by atoms with Gasteiger partial charge in [0.05, 0.1) is 0 Å². The van der Waals surface area contributed by atoms with Crippen molar-refractivity contribution in [2.24, 2.45) is 0 Å². The van der Waals surface area contributed by atoms with Crippen molar-refractivity contribution in [3.63, 3.8) is 0 Å². The summed E-state index contributed by atoms with van der Waals surface area (Å²) in [5, 5.41) is 19.8. The number of hydrogen-bond donors (Lipinski definition) is 2. The summed E-state index contributed by atoms with van der Waals surface area (Å²) in [5.41, 5.74) is 1.22. The number of aromatic nitrogens is 1. The van der Waals surface area contributed by atoms with Crippen molar-refractivity contribution in [1.82, 2.24) is 14.4 Å². The van der Waals surface area contributed by atoms with Gasteiger partial charge in [-0.25, -0.2) is 0 Å². The first-order chi connectivity index (χ1) is 12.8. The van der Waals surface area contributed by atoms with E-state index in [9.17, 15) is 24.6 Å². The van der Waals surface area contributed by atoms with Gasteiger partial charge >= 0.3 is 11.9 Å². The molecule has 1 aliphatic rings. The first-order valence-corrected chi connectivity index (χ1v) is 9.29. The number of hydrogen-bond acceptors (Lipinski definition) is 4. The number of carboxylic acid groups (broad SMARTS) is 2. The minimum absolute atomic E-state index is 0.0245. The highest BCUT2D eigenvalue weighted by Gasteiger charge is 2.33. The van der Waals surface area contributed by atoms with E-state index in [1.165, 1.54) is 6.92 Å². The Labute approximate surface area is 164 Å². The number of carbonyl (C=O) groups is 3. The summed E-state index contributed by atoms with van der Waals surface area (Å²) in [7, 11) is 0. The van der Waals surface area contributed by atoms with Crippen LogP contribution in [0.5, 0.6) is 0 Å². The number of amides is 1. The third-order valence-electron chi connectivity index (χ3n) is 4.83. The smallest absolute Gasteiger partial charge is 0.325 e. The van der Waals surface area contributed by atoms with Crippen molar-refractivity contribution in [2.75, 3.05) is 26.2 Å². The van der Waals surface area contributed by atoms with Crippen LogP contribution in [0.3, 0.4) is 0 Å². The van der Waals surface area contributed by atoms with E-state index in [0.717, 1.165) is 4.47 Å². The molecule has 1 atom stereocenters. The fourth-order valence-electron chi connectivity index (χ4n) is 3.57. The largest absolute Gasteiger partial charge is 0.480 e. The van der Waals surface area contributed by atoms with Gasteiger partial charge in [0.15, 0.2) is 0 Å². The third kappa shape index (κ3) is 3.98. The predicted molar refractivity (Wildman–Crippen MR) is 101 cm³/mol. The molecule has 1 amide bonds. The average molecular weight is 438 g/mol. The summed E-state index contributed by atoms with van der Waals surface area (Å²) in [6.45, 7) is 3.07. The van der Waals surface area contributed by atoms with Crippen LogP contribution in [-0.4, -0.2) is 68.6 Å². The van der Waals surface area contributed by atoms with Gasteiger partial charge in [0.25, 0.3) is 0 Å². The zero-order chi connectivity index (χ0) is 19.7. The van der Waals surface area contributed by atoms with Crippen LogP contribution in [-0.2, 0) is 20.9 Å². The minimum atomic E-state index is -0.999. The van der Waals surface area contributed by atoms with Gasteiger partial charge in [0.2, 0.25) is 5.91 Å². The molecule has 9 heteroatoms. The first kappa shape index (κ1) is 19.4. The molecule has 144 valence electrons. The third-order valence-corrected chi connectivity index (χ3v) is 5.33. The summed E-state index contributed by atoms with van der Waals surface area (Å²) in [4.78, 5) is 38.4. The summed E-state index contributed by atoms with van der Waals surface area (Å²) in [6, 6.07) is 4.47. The molecule has 0 radical (unpaired) electrons. The molecule has 0 saturated carbocycles. The first-order valence-electron chi connectivity index (χ1n) is 8.50. The van der Waals surface area contributed by atoms with Crippen LogP contribution < -0.4 is 0 Å². The van der Waals surface area contributed by atoms with Crippen molar-refractivity contribution >= 4 is 44.7 Å². The van der Waals surface area contributed by atoms with Crippen molar-refractivity contribution in [2.45, 2.75) is 19.5 Å². The SMILES string of the molecule is CC(=O)N1CCN([C@@H](C(=O)O)c2cn(CC(=O)O)c3ccc(Br)cc23)CC1. The van der Waals surface area contributed by atoms with Crippen LogP contribution in [0.4, 0.5) is 0 Å². The molecule has 0 unspecified atom stereocenters. The van der Waals surface area contributed by atoms with Gasteiger partial charge in [-0.3, -0.25) is 19.3 Å². The quantitative estimate of drug-likeness (QED) is 0.738. The zero-order valence-electron chi connectivity index (χ0n) is 14.8. The number of nitrogens with zero attached hydrogens (tertiary/aromatic N) is 3. The molecular weight excluding hydrogens is 418 g/mol. The molecular formula is C18H20BrN3O5. The van der Waals surface area contributed by atoms with Crippen LogP contribution in [0.15, 0.2) is 28.9 Å². The minimum Gasteiger partial charge on any atom is -0.480 e. The van der Waals surface area contributed by atoms with Gasteiger partial charge in [0, 0.05) is 60.2 Å². The molecule has 27 heavy (non-hydrogen) atoms. The van der Waals surface area contributed by atoms with Gasteiger partial charge in [0.1, 0.15) is 12.6 Å². The number of halogens is 1. The Hall–Kier alpha value is -2.39. The van der Waals surface area contributed by atoms with E-state index < -0.39 is 18.0 Å². The lowest BCUT2D eigenvalue weighted by atomic mass is 10.0. The standard InChI is InChI=1S/C18H20BrN3O5/c1-11(23)20-4-6-21(7-5-20)17(18(26)27)14-9-22(10-16(24)25)15-3-2-12(19)8-13(14)15/h2-3,8-9,17H,4-7,10H2,1H3,(H,24,25)(H,26,27)/t17-/m1/s1. The van der Waals surface area contributed by atoms with Crippen LogP contribution >= 0.6 is 15.9 Å². The molecule has 1 saturated heterocycles. The van der Waals surface area contributed by atoms with E-state index >= 15 is 0 Å². The highest BCUT2D eigenvalue weighted by molar-refractivity contribution is 9.10. The van der Waals surface area contributed by atoms with Gasteiger partial charge < -0.3 is 19.7 Å². The lowest BCUT2D eigenvalue weighted by Gasteiger charge is -2.37. The normalized spacial score (nSPS) is 16.4. The molecule has 2 heterocycles. The van der Waals surface area contributed by atoms with Crippen LogP contribution in [0.1, 0.15) is 18.5 Å². The molecule has 8 nitrogen and oxygen atoms in total. The number of rotatable bonds is 5. The predicted octanol–water partition coefficient (Wildman–Crippen LogP) is 1.78. The number of carboxylic acids is 2. The van der Waals surface area contributed by atoms with Crippen molar-refractivity contribution < 1.29 is 24.6 Å². The highest BCUT2D eigenvalue weighted by Crippen LogP contribution is 2.33. The molecule has 1 fully saturated rings. The molecule has 2 N–H and O–H groups in total. The maximum absolute atomic E-state index is 12.1. The maximum Gasteiger partial charge on any atom is 0.325 e. The van der Waals surface area contributed by atoms with E-state index in [4.69, 9.17) is 0 Å². The second kappa shape index (κ2) is 7.69. The monoisotopic (exact) mass is 437 g/mol. The van der Waals surface area contributed by atoms with E-state index in [0.29, 0.717) is 42.6 Å². The number of aliphatic carboxylic acids is 2.